The van der Waals surface area contributed by atoms with Crippen LogP contribution in [0.15, 0.2) is 46.1 Å². The van der Waals surface area contributed by atoms with Crippen molar-refractivity contribution in [1.82, 2.24) is 5.32 Å². The number of rotatable bonds is 0. The Labute approximate surface area is 81.0 Å². The van der Waals surface area contributed by atoms with Crippen molar-refractivity contribution in [2.45, 2.75) is 6.04 Å². The first-order chi connectivity index (χ1) is 5.77. The van der Waals surface area contributed by atoms with Crippen LogP contribution in [0.25, 0.3) is 0 Å². The van der Waals surface area contributed by atoms with Crippen molar-refractivity contribution in [3.8, 4) is 0 Å². The van der Waals surface area contributed by atoms with Crippen LogP contribution in [0.3, 0.4) is 0 Å². The fourth-order valence-electron chi connectivity index (χ4n) is 1.26. The lowest BCUT2D eigenvalue weighted by Gasteiger charge is -2.24. The summed E-state index contributed by atoms with van der Waals surface area (Å²) in [6.45, 7) is 0. The zero-order valence-corrected chi connectivity index (χ0v) is 7.73. The van der Waals surface area contributed by atoms with E-state index in [9.17, 15) is 0 Å². The summed E-state index contributed by atoms with van der Waals surface area (Å²) < 4.78 is 0. The molecule has 1 aliphatic carbocycles. The first-order valence-corrected chi connectivity index (χ1v) is 4.40. The van der Waals surface area contributed by atoms with Crippen molar-refractivity contribution >= 4 is 23.2 Å². The molecule has 2 rings (SSSR count). The van der Waals surface area contributed by atoms with E-state index in [0.29, 0.717) is 5.16 Å². The van der Waals surface area contributed by atoms with E-state index in [0.717, 1.165) is 10.6 Å². The number of hydrogen-bond donors (Lipinski definition) is 1. The zero-order valence-electron chi connectivity index (χ0n) is 6.22. The van der Waals surface area contributed by atoms with Gasteiger partial charge in [-0.15, -0.1) is 0 Å². The van der Waals surface area contributed by atoms with Crippen LogP contribution in [0.2, 0.25) is 0 Å². The smallest absolute Gasteiger partial charge is 0.103 e. The highest BCUT2D eigenvalue weighted by atomic mass is 35.5. The summed E-state index contributed by atoms with van der Waals surface area (Å²) in [7, 11) is 0. The van der Waals surface area contributed by atoms with Crippen LogP contribution in [0.5, 0.6) is 0 Å². The van der Waals surface area contributed by atoms with Crippen molar-refractivity contribution < 1.29 is 0 Å². The molecule has 2 aliphatic rings. The second-order valence-corrected chi connectivity index (χ2v) is 3.51. The molecule has 0 aromatic heterocycles. The Kier molecular flexibility index (Phi) is 1.99. The van der Waals surface area contributed by atoms with E-state index < -0.39 is 0 Å². The molecule has 62 valence electrons. The molecule has 0 aromatic carbocycles. The number of fused-ring (bicyclic) bond motifs is 1. The summed E-state index contributed by atoms with van der Waals surface area (Å²) in [5.74, 6) is 0. The van der Waals surface area contributed by atoms with E-state index in [-0.39, 0.29) is 6.04 Å². The highest BCUT2D eigenvalue weighted by molar-refractivity contribution is 6.32. The first kappa shape index (κ1) is 7.96. The van der Waals surface area contributed by atoms with Crippen molar-refractivity contribution in [3.05, 3.63) is 46.1 Å². The van der Waals surface area contributed by atoms with Crippen LogP contribution in [-0.4, -0.2) is 6.04 Å². The molecular formula is C9H7Cl2N. The molecule has 0 fully saturated rings. The van der Waals surface area contributed by atoms with Gasteiger partial charge in [0.25, 0.3) is 0 Å². The standard InChI is InChI=1S/C9H7Cl2N/c10-7-3-1-2-6-4-5-8(11)12-9(6)7/h1-5,9,12H. The van der Waals surface area contributed by atoms with E-state index in [1.54, 1.807) is 0 Å². The van der Waals surface area contributed by atoms with Crippen molar-refractivity contribution in [3.63, 3.8) is 0 Å². The number of hydrogen-bond acceptors (Lipinski definition) is 1. The van der Waals surface area contributed by atoms with Gasteiger partial charge >= 0.3 is 0 Å². The monoisotopic (exact) mass is 199 g/mol. The Bertz CT molecular complexity index is 323. The molecule has 0 spiro atoms. The van der Waals surface area contributed by atoms with Gasteiger partial charge < -0.3 is 5.32 Å². The largest absolute Gasteiger partial charge is 0.364 e. The van der Waals surface area contributed by atoms with E-state index in [1.165, 1.54) is 0 Å². The maximum absolute atomic E-state index is 5.98. The topological polar surface area (TPSA) is 12.0 Å². The van der Waals surface area contributed by atoms with Crippen LogP contribution >= 0.6 is 23.2 Å². The number of nitrogens with one attached hydrogen (secondary N) is 1. The minimum atomic E-state index is 0.0502. The molecule has 1 aliphatic heterocycles. The van der Waals surface area contributed by atoms with Crippen LogP contribution in [0.1, 0.15) is 0 Å². The number of allylic oxidation sites excluding steroid dienone is 4. The molecule has 3 heteroatoms. The second-order valence-electron chi connectivity index (χ2n) is 2.67. The quantitative estimate of drug-likeness (QED) is 0.592. The molecule has 0 saturated carbocycles. The summed E-state index contributed by atoms with van der Waals surface area (Å²) in [5.41, 5.74) is 1.15. The molecule has 0 amide bonds. The van der Waals surface area contributed by atoms with Crippen molar-refractivity contribution in [2.75, 3.05) is 0 Å². The maximum atomic E-state index is 5.98. The maximum Gasteiger partial charge on any atom is 0.103 e. The van der Waals surface area contributed by atoms with Crippen LogP contribution in [-0.2, 0) is 0 Å². The molecule has 12 heavy (non-hydrogen) atoms. The number of dihydropyridines is 1. The predicted molar refractivity (Wildman–Crippen MR) is 52.0 cm³/mol. The van der Waals surface area contributed by atoms with Gasteiger partial charge in [-0.25, -0.2) is 0 Å². The molecular weight excluding hydrogens is 193 g/mol. The van der Waals surface area contributed by atoms with E-state index in [1.807, 2.05) is 30.4 Å². The molecule has 0 bridgehead atoms. The van der Waals surface area contributed by atoms with Crippen LogP contribution in [0, 0.1) is 0 Å². The summed E-state index contributed by atoms with van der Waals surface area (Å²) in [6.07, 6.45) is 9.61. The minimum absolute atomic E-state index is 0.0502. The predicted octanol–water partition coefficient (Wildman–Crippen LogP) is 2.66. The lowest BCUT2D eigenvalue weighted by molar-refractivity contribution is 0.769. The van der Waals surface area contributed by atoms with Gasteiger partial charge in [0.05, 0.1) is 6.04 Å². The fraction of sp³-hybridized carbons (Fsp3) is 0.111. The third kappa shape index (κ3) is 1.30. The first-order valence-electron chi connectivity index (χ1n) is 3.65. The van der Waals surface area contributed by atoms with E-state index in [4.69, 9.17) is 23.2 Å². The third-order valence-electron chi connectivity index (χ3n) is 1.86. The second kappa shape index (κ2) is 3.00. The van der Waals surface area contributed by atoms with Gasteiger partial charge in [0, 0.05) is 5.03 Å². The molecule has 1 heterocycles. The Morgan fingerprint density at radius 1 is 1.17 bits per heavy atom. The van der Waals surface area contributed by atoms with E-state index >= 15 is 0 Å². The Hall–Kier alpha value is -0.660. The molecule has 0 aromatic rings. The Morgan fingerprint density at radius 2 is 2.00 bits per heavy atom. The molecule has 0 saturated heterocycles. The van der Waals surface area contributed by atoms with Crippen molar-refractivity contribution in [1.29, 1.82) is 0 Å². The highest BCUT2D eigenvalue weighted by Gasteiger charge is 2.20. The summed E-state index contributed by atoms with van der Waals surface area (Å²) in [5, 5.41) is 4.48. The van der Waals surface area contributed by atoms with Crippen LogP contribution in [0.4, 0.5) is 0 Å². The van der Waals surface area contributed by atoms with Gasteiger partial charge in [0.15, 0.2) is 0 Å². The molecule has 0 radical (unpaired) electrons. The van der Waals surface area contributed by atoms with Gasteiger partial charge in [-0.3, -0.25) is 0 Å². The van der Waals surface area contributed by atoms with Gasteiger partial charge in [-0.05, 0) is 17.7 Å². The van der Waals surface area contributed by atoms with Crippen molar-refractivity contribution in [2.24, 2.45) is 0 Å². The number of halogens is 2. The lowest BCUT2D eigenvalue weighted by atomic mass is 10.00. The van der Waals surface area contributed by atoms with E-state index in [2.05, 4.69) is 5.32 Å². The van der Waals surface area contributed by atoms with Gasteiger partial charge in [-0.1, -0.05) is 41.4 Å². The SMILES string of the molecule is ClC1=CC=C2C=CC=C(Cl)C2N1. The van der Waals surface area contributed by atoms with Gasteiger partial charge in [-0.2, -0.15) is 0 Å². The molecule has 1 unspecified atom stereocenters. The summed E-state index contributed by atoms with van der Waals surface area (Å²) in [6, 6.07) is 0.0502. The fourth-order valence-corrected chi connectivity index (χ4v) is 1.69. The zero-order chi connectivity index (χ0) is 8.55. The van der Waals surface area contributed by atoms with Gasteiger partial charge in [0.2, 0.25) is 0 Å². The average Bonchev–Trinajstić information content (AvgIpc) is 2.07. The summed E-state index contributed by atoms with van der Waals surface area (Å²) >= 11 is 11.8. The Morgan fingerprint density at radius 3 is 2.83 bits per heavy atom. The Balaban J connectivity index is 2.37. The normalized spacial score (nSPS) is 26.5. The molecule has 1 nitrogen and oxygen atoms in total. The minimum Gasteiger partial charge on any atom is -0.364 e. The third-order valence-corrected chi connectivity index (χ3v) is 2.44. The summed E-state index contributed by atoms with van der Waals surface area (Å²) in [4.78, 5) is 0. The molecule has 1 atom stereocenters. The average molecular weight is 200 g/mol. The van der Waals surface area contributed by atoms with Crippen LogP contribution < -0.4 is 5.32 Å². The highest BCUT2D eigenvalue weighted by Crippen LogP contribution is 2.26. The lowest BCUT2D eigenvalue weighted by Crippen LogP contribution is -2.31. The van der Waals surface area contributed by atoms with Gasteiger partial charge in [0.1, 0.15) is 5.16 Å². The molecule has 1 N–H and O–H groups in total.